The second-order valence-corrected chi connectivity index (χ2v) is 4.93. The van der Waals surface area contributed by atoms with Gasteiger partial charge in [-0.1, -0.05) is 20.8 Å². The summed E-state index contributed by atoms with van der Waals surface area (Å²) in [6.45, 7) is 5.70. The van der Waals surface area contributed by atoms with E-state index in [2.05, 4.69) is 10.1 Å². The van der Waals surface area contributed by atoms with Crippen LogP contribution in [0.25, 0.3) is 5.82 Å². The number of Topliss-reactive ketones (excluding diaryl/α,β-unsaturated/α-hetero) is 1. The Morgan fingerprint density at radius 2 is 2.06 bits per heavy atom. The zero-order valence-corrected chi connectivity index (χ0v) is 10.2. The fourth-order valence-electron chi connectivity index (χ4n) is 1.49. The van der Waals surface area contributed by atoms with E-state index in [1.165, 1.54) is 0 Å². The molecule has 0 aromatic carbocycles. The van der Waals surface area contributed by atoms with Crippen LogP contribution in [-0.2, 0) is 0 Å². The molecular weight excluding hydrogens is 214 g/mol. The number of carbonyl (C=O) groups is 1. The zero-order valence-electron chi connectivity index (χ0n) is 10.2. The molecule has 0 bridgehead atoms. The lowest BCUT2D eigenvalue weighted by Crippen LogP contribution is -2.20. The molecule has 0 spiro atoms. The van der Waals surface area contributed by atoms with Gasteiger partial charge in [0.05, 0.1) is 0 Å². The molecule has 0 radical (unpaired) electrons. The van der Waals surface area contributed by atoms with Crippen LogP contribution in [0, 0.1) is 5.41 Å². The number of ketones is 1. The molecule has 0 N–H and O–H groups in total. The van der Waals surface area contributed by atoms with Crippen LogP contribution >= 0.6 is 0 Å². The molecule has 0 fully saturated rings. The normalized spacial score (nSPS) is 11.5. The fourth-order valence-corrected chi connectivity index (χ4v) is 1.49. The molecule has 0 saturated carbocycles. The van der Waals surface area contributed by atoms with Gasteiger partial charge in [0, 0.05) is 29.6 Å². The van der Waals surface area contributed by atoms with Crippen LogP contribution in [0.4, 0.5) is 0 Å². The average Bonchev–Trinajstić information content (AvgIpc) is 2.80. The molecule has 0 unspecified atom stereocenters. The third-order valence-electron chi connectivity index (χ3n) is 2.43. The van der Waals surface area contributed by atoms with Crippen molar-refractivity contribution >= 4 is 5.78 Å². The zero-order chi connectivity index (χ0) is 12.5. The summed E-state index contributed by atoms with van der Waals surface area (Å²) < 4.78 is 1.66. The first-order valence-electron chi connectivity index (χ1n) is 5.49. The number of hydrogen-bond acceptors (Lipinski definition) is 3. The lowest BCUT2D eigenvalue weighted by atomic mass is 9.87. The van der Waals surface area contributed by atoms with Crippen LogP contribution in [0.1, 0.15) is 31.1 Å². The summed E-state index contributed by atoms with van der Waals surface area (Å²) in [5.74, 6) is 0.803. The van der Waals surface area contributed by atoms with Crippen LogP contribution in [0.3, 0.4) is 0 Å². The van der Waals surface area contributed by atoms with Gasteiger partial charge in [0.2, 0.25) is 0 Å². The highest BCUT2D eigenvalue weighted by atomic mass is 16.1. The maximum absolute atomic E-state index is 12.0. The summed E-state index contributed by atoms with van der Waals surface area (Å²) in [6.07, 6.45) is 5.11. The SMILES string of the molecule is CC(C)(C)C(=O)c1ccc(-n2cccn2)nc1. The number of hydrogen-bond donors (Lipinski definition) is 0. The molecule has 0 amide bonds. The lowest BCUT2D eigenvalue weighted by Gasteiger charge is -2.16. The van der Waals surface area contributed by atoms with E-state index >= 15 is 0 Å². The van der Waals surface area contributed by atoms with Crippen molar-refractivity contribution < 1.29 is 4.79 Å². The van der Waals surface area contributed by atoms with Gasteiger partial charge in [-0.3, -0.25) is 4.79 Å². The van der Waals surface area contributed by atoms with Crippen LogP contribution < -0.4 is 0 Å². The smallest absolute Gasteiger partial charge is 0.169 e. The summed E-state index contributed by atoms with van der Waals surface area (Å²) in [6, 6.07) is 5.42. The van der Waals surface area contributed by atoms with E-state index in [-0.39, 0.29) is 11.2 Å². The molecule has 0 saturated heterocycles. The van der Waals surface area contributed by atoms with Crippen molar-refractivity contribution in [1.29, 1.82) is 0 Å². The molecule has 2 aromatic rings. The minimum atomic E-state index is -0.380. The summed E-state index contributed by atoms with van der Waals surface area (Å²) in [5, 5.41) is 4.08. The van der Waals surface area contributed by atoms with Gasteiger partial charge in [-0.05, 0) is 18.2 Å². The summed E-state index contributed by atoms with van der Waals surface area (Å²) in [4.78, 5) is 16.2. The van der Waals surface area contributed by atoms with Gasteiger partial charge in [0.25, 0.3) is 0 Å². The quantitative estimate of drug-likeness (QED) is 0.743. The third kappa shape index (κ3) is 2.41. The molecular formula is C13H15N3O. The molecule has 4 nitrogen and oxygen atoms in total. The second kappa shape index (κ2) is 4.13. The molecule has 17 heavy (non-hydrogen) atoms. The molecule has 0 atom stereocenters. The van der Waals surface area contributed by atoms with E-state index in [0.717, 1.165) is 0 Å². The van der Waals surface area contributed by atoms with Crippen molar-refractivity contribution in [2.45, 2.75) is 20.8 Å². The third-order valence-corrected chi connectivity index (χ3v) is 2.43. The van der Waals surface area contributed by atoms with Crippen molar-refractivity contribution in [3.8, 4) is 5.82 Å². The number of pyridine rings is 1. The highest BCUT2D eigenvalue weighted by molar-refractivity contribution is 5.99. The molecule has 0 aliphatic rings. The molecule has 2 aromatic heterocycles. The Balaban J connectivity index is 2.28. The molecule has 2 heterocycles. The Labute approximate surface area is 100 Å². The Hall–Kier alpha value is -1.97. The minimum absolute atomic E-state index is 0.0945. The monoisotopic (exact) mass is 229 g/mol. The summed E-state index contributed by atoms with van der Waals surface area (Å²) >= 11 is 0. The van der Waals surface area contributed by atoms with E-state index in [4.69, 9.17) is 0 Å². The number of aromatic nitrogens is 3. The van der Waals surface area contributed by atoms with Gasteiger partial charge >= 0.3 is 0 Å². The Morgan fingerprint density at radius 3 is 2.53 bits per heavy atom. The first-order valence-corrected chi connectivity index (χ1v) is 5.49. The van der Waals surface area contributed by atoms with E-state index < -0.39 is 0 Å². The standard InChI is InChI=1S/C13H15N3O/c1-13(2,3)12(17)10-5-6-11(14-9-10)16-8-4-7-15-16/h4-9H,1-3H3. The van der Waals surface area contributed by atoms with Gasteiger partial charge in [-0.25, -0.2) is 9.67 Å². The largest absolute Gasteiger partial charge is 0.294 e. The van der Waals surface area contributed by atoms with E-state index in [1.54, 1.807) is 29.2 Å². The predicted octanol–water partition coefficient (Wildman–Crippen LogP) is 2.50. The Bertz CT molecular complexity index is 507. The number of carbonyl (C=O) groups excluding carboxylic acids is 1. The average molecular weight is 229 g/mol. The number of rotatable bonds is 2. The highest BCUT2D eigenvalue weighted by Gasteiger charge is 2.22. The number of nitrogens with zero attached hydrogens (tertiary/aromatic N) is 3. The Kier molecular flexibility index (Phi) is 2.79. The van der Waals surface area contributed by atoms with Crippen molar-refractivity contribution in [1.82, 2.24) is 14.8 Å². The van der Waals surface area contributed by atoms with Crippen molar-refractivity contribution in [3.63, 3.8) is 0 Å². The summed E-state index contributed by atoms with van der Waals surface area (Å²) in [5.41, 5.74) is 0.253. The van der Waals surface area contributed by atoms with Gasteiger partial charge in [0.15, 0.2) is 11.6 Å². The highest BCUT2D eigenvalue weighted by Crippen LogP contribution is 2.20. The van der Waals surface area contributed by atoms with E-state index in [9.17, 15) is 4.79 Å². The van der Waals surface area contributed by atoms with Gasteiger partial charge < -0.3 is 0 Å². The van der Waals surface area contributed by atoms with Crippen LogP contribution in [0.2, 0.25) is 0 Å². The fraction of sp³-hybridized carbons (Fsp3) is 0.308. The van der Waals surface area contributed by atoms with Gasteiger partial charge in [-0.2, -0.15) is 5.10 Å². The first-order chi connectivity index (χ1) is 7.98. The molecule has 88 valence electrons. The Morgan fingerprint density at radius 1 is 1.29 bits per heavy atom. The first kappa shape index (κ1) is 11.5. The maximum atomic E-state index is 12.0. The van der Waals surface area contributed by atoms with Gasteiger partial charge in [-0.15, -0.1) is 0 Å². The van der Waals surface area contributed by atoms with Crippen molar-refractivity contribution in [3.05, 3.63) is 42.4 Å². The predicted molar refractivity (Wildman–Crippen MR) is 65.1 cm³/mol. The van der Waals surface area contributed by atoms with Crippen molar-refractivity contribution in [2.75, 3.05) is 0 Å². The summed E-state index contributed by atoms with van der Waals surface area (Å²) in [7, 11) is 0. The van der Waals surface area contributed by atoms with Gasteiger partial charge in [0.1, 0.15) is 0 Å². The van der Waals surface area contributed by atoms with E-state index in [0.29, 0.717) is 11.4 Å². The minimum Gasteiger partial charge on any atom is -0.294 e. The van der Waals surface area contributed by atoms with Crippen LogP contribution in [-0.4, -0.2) is 20.5 Å². The van der Waals surface area contributed by atoms with Crippen molar-refractivity contribution in [2.24, 2.45) is 5.41 Å². The van der Waals surface area contributed by atoms with Crippen LogP contribution in [0.5, 0.6) is 0 Å². The van der Waals surface area contributed by atoms with E-state index in [1.807, 2.05) is 33.0 Å². The van der Waals surface area contributed by atoms with Crippen LogP contribution in [0.15, 0.2) is 36.8 Å². The molecule has 0 aliphatic carbocycles. The molecule has 0 aliphatic heterocycles. The lowest BCUT2D eigenvalue weighted by molar-refractivity contribution is 0.0858. The second-order valence-electron chi connectivity index (χ2n) is 4.93. The maximum Gasteiger partial charge on any atom is 0.169 e. The topological polar surface area (TPSA) is 47.8 Å². The molecule has 4 heteroatoms. The molecule has 2 rings (SSSR count).